The molecule has 1 aliphatic rings. The van der Waals surface area contributed by atoms with Gasteiger partial charge in [-0.1, -0.05) is 25.3 Å². The molecule has 0 saturated heterocycles. The van der Waals surface area contributed by atoms with Crippen molar-refractivity contribution in [3.63, 3.8) is 0 Å². The quantitative estimate of drug-likeness (QED) is 0.728. The van der Waals surface area contributed by atoms with Gasteiger partial charge in [0.05, 0.1) is 5.75 Å². The monoisotopic (exact) mass is 238 g/mol. The predicted octanol–water partition coefficient (Wildman–Crippen LogP) is 3.68. The van der Waals surface area contributed by atoms with Crippen LogP contribution in [-0.4, -0.2) is 11.5 Å². The summed E-state index contributed by atoms with van der Waals surface area (Å²) in [5.41, 5.74) is 0. The van der Waals surface area contributed by atoms with E-state index in [9.17, 15) is 9.18 Å². The molecule has 0 N–H and O–H groups in total. The highest BCUT2D eigenvalue weighted by molar-refractivity contribution is 8.00. The molecule has 0 aliphatic heterocycles. The molecular weight excluding hydrogens is 223 g/mol. The lowest BCUT2D eigenvalue weighted by atomic mass is 9.82. The van der Waals surface area contributed by atoms with E-state index in [1.54, 1.807) is 6.07 Å². The van der Waals surface area contributed by atoms with E-state index < -0.39 is 0 Å². The first-order valence-corrected chi connectivity index (χ1v) is 6.62. The molecule has 1 saturated carbocycles. The highest BCUT2D eigenvalue weighted by atomic mass is 32.2. The molecule has 1 aromatic carbocycles. The lowest BCUT2D eigenvalue weighted by Gasteiger charge is -2.24. The van der Waals surface area contributed by atoms with Crippen molar-refractivity contribution in [3.05, 3.63) is 30.1 Å². The van der Waals surface area contributed by atoms with Crippen molar-refractivity contribution in [3.8, 4) is 0 Å². The Morgan fingerprint density at radius 3 is 2.88 bits per heavy atom. The van der Waals surface area contributed by atoms with Crippen molar-refractivity contribution in [2.45, 2.75) is 30.6 Å². The Balaban J connectivity index is 1.75. The number of ketones is 1. The standard InChI is InChI=1S/C13H15FOS/c14-11-5-2-6-13(8-11)16-9-12(15)7-10-3-1-4-10/h2,5-6,8,10H,1,3-4,7,9H2. The first-order chi connectivity index (χ1) is 7.74. The van der Waals surface area contributed by atoms with Gasteiger partial charge in [-0.05, 0) is 24.1 Å². The van der Waals surface area contributed by atoms with Gasteiger partial charge in [-0.25, -0.2) is 4.39 Å². The topological polar surface area (TPSA) is 17.1 Å². The Kier molecular flexibility index (Phi) is 3.99. The number of thioether (sulfide) groups is 1. The van der Waals surface area contributed by atoms with Gasteiger partial charge >= 0.3 is 0 Å². The molecule has 0 amide bonds. The van der Waals surface area contributed by atoms with Gasteiger partial charge in [0, 0.05) is 11.3 Å². The number of rotatable bonds is 5. The predicted molar refractivity (Wildman–Crippen MR) is 64.1 cm³/mol. The van der Waals surface area contributed by atoms with Crippen molar-refractivity contribution in [2.75, 3.05) is 5.75 Å². The number of Topliss-reactive ketones (excluding diaryl/α,β-unsaturated/α-hetero) is 1. The van der Waals surface area contributed by atoms with Gasteiger partial charge in [-0.2, -0.15) is 0 Å². The number of hydrogen-bond acceptors (Lipinski definition) is 2. The normalized spacial score (nSPS) is 15.8. The van der Waals surface area contributed by atoms with Crippen LogP contribution in [0.5, 0.6) is 0 Å². The molecule has 3 heteroatoms. The van der Waals surface area contributed by atoms with Crippen molar-refractivity contribution in [2.24, 2.45) is 5.92 Å². The fourth-order valence-corrected chi connectivity index (χ4v) is 2.61. The summed E-state index contributed by atoms with van der Waals surface area (Å²) in [5, 5.41) is 0. The Bertz CT molecular complexity index is 374. The average molecular weight is 238 g/mol. The van der Waals surface area contributed by atoms with E-state index in [-0.39, 0.29) is 5.82 Å². The average Bonchev–Trinajstić information content (AvgIpc) is 2.21. The van der Waals surface area contributed by atoms with Crippen LogP contribution in [0.15, 0.2) is 29.2 Å². The molecule has 1 fully saturated rings. The van der Waals surface area contributed by atoms with Gasteiger partial charge in [-0.3, -0.25) is 4.79 Å². The third-order valence-corrected chi connectivity index (χ3v) is 3.99. The lowest BCUT2D eigenvalue weighted by Crippen LogP contribution is -2.16. The van der Waals surface area contributed by atoms with Crippen LogP contribution in [0, 0.1) is 11.7 Å². The van der Waals surface area contributed by atoms with Gasteiger partial charge in [0.25, 0.3) is 0 Å². The molecule has 86 valence electrons. The molecule has 0 heterocycles. The number of carbonyl (C=O) groups excluding carboxylic acids is 1. The Morgan fingerprint density at radius 1 is 1.44 bits per heavy atom. The third-order valence-electron chi connectivity index (χ3n) is 2.94. The minimum atomic E-state index is -0.239. The highest BCUT2D eigenvalue weighted by Crippen LogP contribution is 2.30. The van der Waals surface area contributed by atoms with Gasteiger partial charge in [0.1, 0.15) is 11.6 Å². The van der Waals surface area contributed by atoms with Gasteiger partial charge in [0.15, 0.2) is 0 Å². The van der Waals surface area contributed by atoms with Crippen molar-refractivity contribution in [1.29, 1.82) is 0 Å². The Hall–Kier alpha value is -0.830. The van der Waals surface area contributed by atoms with E-state index in [0.717, 1.165) is 4.90 Å². The fraction of sp³-hybridized carbons (Fsp3) is 0.462. The van der Waals surface area contributed by atoms with Crippen LogP contribution in [0.4, 0.5) is 4.39 Å². The highest BCUT2D eigenvalue weighted by Gasteiger charge is 2.20. The molecule has 0 radical (unpaired) electrons. The molecule has 1 aliphatic carbocycles. The van der Waals surface area contributed by atoms with Crippen LogP contribution >= 0.6 is 11.8 Å². The molecule has 0 aromatic heterocycles. The molecule has 16 heavy (non-hydrogen) atoms. The van der Waals surface area contributed by atoms with Gasteiger partial charge in [0.2, 0.25) is 0 Å². The number of halogens is 1. The molecule has 2 rings (SSSR count). The molecule has 0 spiro atoms. The molecular formula is C13H15FOS. The van der Waals surface area contributed by atoms with E-state index in [1.807, 2.05) is 6.07 Å². The second-order valence-electron chi connectivity index (χ2n) is 4.29. The zero-order valence-electron chi connectivity index (χ0n) is 9.12. The Morgan fingerprint density at radius 2 is 2.25 bits per heavy atom. The first-order valence-electron chi connectivity index (χ1n) is 5.64. The lowest BCUT2D eigenvalue weighted by molar-refractivity contribution is -0.118. The largest absolute Gasteiger partial charge is 0.299 e. The summed E-state index contributed by atoms with van der Waals surface area (Å²) in [6.45, 7) is 0. The second-order valence-corrected chi connectivity index (χ2v) is 5.33. The maximum atomic E-state index is 12.9. The van der Waals surface area contributed by atoms with Crippen LogP contribution < -0.4 is 0 Å². The van der Waals surface area contributed by atoms with E-state index in [1.165, 1.54) is 43.2 Å². The van der Waals surface area contributed by atoms with Gasteiger partial charge in [-0.15, -0.1) is 11.8 Å². The summed E-state index contributed by atoms with van der Waals surface area (Å²) in [5.74, 6) is 1.15. The fourth-order valence-electron chi connectivity index (χ4n) is 1.80. The minimum Gasteiger partial charge on any atom is -0.299 e. The summed E-state index contributed by atoms with van der Waals surface area (Å²) in [7, 11) is 0. The summed E-state index contributed by atoms with van der Waals surface area (Å²) in [6, 6.07) is 6.40. The van der Waals surface area contributed by atoms with E-state index in [0.29, 0.717) is 23.9 Å². The van der Waals surface area contributed by atoms with E-state index in [4.69, 9.17) is 0 Å². The van der Waals surface area contributed by atoms with Crippen LogP contribution in [0.25, 0.3) is 0 Å². The summed E-state index contributed by atoms with van der Waals surface area (Å²) in [6.07, 6.45) is 4.39. The Labute approximate surface area is 99.4 Å². The zero-order chi connectivity index (χ0) is 11.4. The smallest absolute Gasteiger partial charge is 0.143 e. The zero-order valence-corrected chi connectivity index (χ0v) is 9.93. The number of hydrogen-bond donors (Lipinski definition) is 0. The second kappa shape index (κ2) is 5.48. The number of carbonyl (C=O) groups is 1. The first kappa shape index (κ1) is 11.6. The van der Waals surface area contributed by atoms with Crippen LogP contribution in [0.3, 0.4) is 0 Å². The maximum Gasteiger partial charge on any atom is 0.143 e. The van der Waals surface area contributed by atoms with E-state index in [2.05, 4.69) is 0 Å². The molecule has 1 nitrogen and oxygen atoms in total. The van der Waals surface area contributed by atoms with Crippen LogP contribution in [0.2, 0.25) is 0 Å². The van der Waals surface area contributed by atoms with Gasteiger partial charge < -0.3 is 0 Å². The van der Waals surface area contributed by atoms with Crippen molar-refractivity contribution < 1.29 is 9.18 Å². The maximum absolute atomic E-state index is 12.9. The molecule has 0 bridgehead atoms. The van der Waals surface area contributed by atoms with Crippen LogP contribution in [0.1, 0.15) is 25.7 Å². The van der Waals surface area contributed by atoms with Crippen LogP contribution in [-0.2, 0) is 4.79 Å². The molecule has 0 unspecified atom stereocenters. The summed E-state index contributed by atoms with van der Waals surface area (Å²) >= 11 is 1.43. The summed E-state index contributed by atoms with van der Waals surface area (Å²) in [4.78, 5) is 12.4. The SMILES string of the molecule is O=C(CSc1cccc(F)c1)CC1CCC1. The minimum absolute atomic E-state index is 0.239. The molecule has 0 atom stereocenters. The molecule has 1 aromatic rings. The third kappa shape index (κ3) is 3.34. The number of benzene rings is 1. The van der Waals surface area contributed by atoms with Crippen molar-refractivity contribution >= 4 is 17.5 Å². The van der Waals surface area contributed by atoms with E-state index >= 15 is 0 Å². The van der Waals surface area contributed by atoms with Crippen molar-refractivity contribution in [1.82, 2.24) is 0 Å². The summed E-state index contributed by atoms with van der Waals surface area (Å²) < 4.78 is 12.9.